The van der Waals surface area contributed by atoms with Gasteiger partial charge in [-0.1, -0.05) is 6.08 Å². The summed E-state index contributed by atoms with van der Waals surface area (Å²) in [6.07, 6.45) is -0.509. The molecule has 0 saturated heterocycles. The normalized spacial score (nSPS) is 22.2. The van der Waals surface area contributed by atoms with Gasteiger partial charge in [-0.15, -0.1) is 0 Å². The summed E-state index contributed by atoms with van der Waals surface area (Å²) in [5, 5.41) is 0. The predicted molar refractivity (Wildman–Crippen MR) is 85.9 cm³/mol. The summed E-state index contributed by atoms with van der Waals surface area (Å²) in [6, 6.07) is 4.73. The van der Waals surface area contributed by atoms with Gasteiger partial charge in [-0.2, -0.15) is 13.2 Å². The van der Waals surface area contributed by atoms with Gasteiger partial charge in [0.2, 0.25) is 0 Å². The number of rotatable bonds is 2. The molecule has 136 valence electrons. The number of methoxy groups -OCH3 is 1. The molecular formula is C17H13F4N3O2. The van der Waals surface area contributed by atoms with Gasteiger partial charge in [0, 0.05) is 11.8 Å². The number of nitrogens with zero attached hydrogens (tertiary/aromatic N) is 3. The third-order valence-electron chi connectivity index (χ3n) is 3.89. The van der Waals surface area contributed by atoms with Gasteiger partial charge in [-0.3, -0.25) is 4.90 Å². The maximum Gasteiger partial charge on any atom is 0.445 e. The Hall–Kier alpha value is -2.97. The molecule has 0 bridgehead atoms. The van der Waals surface area contributed by atoms with Crippen molar-refractivity contribution < 1.29 is 27.1 Å². The lowest BCUT2D eigenvalue weighted by atomic mass is 10.0. The van der Waals surface area contributed by atoms with E-state index in [0.717, 1.165) is 19.2 Å². The smallest absolute Gasteiger partial charge is 0.445 e. The predicted octanol–water partition coefficient (Wildman–Crippen LogP) is 3.19. The third kappa shape index (κ3) is 2.69. The molecule has 0 aliphatic carbocycles. The number of alkyl halides is 3. The number of carbonyl (C=O) groups is 1. The van der Waals surface area contributed by atoms with E-state index in [1.807, 2.05) is 0 Å². The van der Waals surface area contributed by atoms with E-state index in [-0.39, 0.29) is 17.2 Å². The number of allylic oxidation sites excluding steroid dienone is 2. The van der Waals surface area contributed by atoms with Gasteiger partial charge >= 0.3 is 17.8 Å². The monoisotopic (exact) mass is 367 g/mol. The second-order valence-corrected chi connectivity index (χ2v) is 5.60. The van der Waals surface area contributed by atoms with Gasteiger partial charge < -0.3 is 4.74 Å². The summed E-state index contributed by atoms with van der Waals surface area (Å²) in [4.78, 5) is 20.6. The van der Waals surface area contributed by atoms with Crippen molar-refractivity contribution in [3.05, 3.63) is 59.6 Å². The molecule has 1 aromatic carbocycles. The summed E-state index contributed by atoms with van der Waals surface area (Å²) in [5.41, 5.74) is -2.84. The van der Waals surface area contributed by atoms with Crippen LogP contribution in [-0.2, 0) is 9.53 Å². The average molecular weight is 367 g/mol. The van der Waals surface area contributed by atoms with Crippen LogP contribution in [0, 0.1) is 5.82 Å². The molecule has 2 aliphatic heterocycles. The van der Waals surface area contributed by atoms with E-state index in [0.29, 0.717) is 5.57 Å². The number of aliphatic imine (C=N–C) groups is 2. The molecule has 26 heavy (non-hydrogen) atoms. The summed E-state index contributed by atoms with van der Waals surface area (Å²) >= 11 is 0. The van der Waals surface area contributed by atoms with Crippen LogP contribution < -0.4 is 0 Å². The first kappa shape index (κ1) is 17.8. The Bertz CT molecular complexity index is 869. The number of ether oxygens (including phenoxy) is 1. The Labute approximate surface area is 146 Å². The van der Waals surface area contributed by atoms with E-state index in [1.54, 1.807) is 19.1 Å². The number of halogens is 4. The highest BCUT2D eigenvalue weighted by atomic mass is 19.4. The van der Waals surface area contributed by atoms with Crippen molar-refractivity contribution in [2.45, 2.75) is 18.8 Å². The molecule has 0 aromatic heterocycles. The molecule has 0 radical (unpaired) electrons. The van der Waals surface area contributed by atoms with Gasteiger partial charge in [0.05, 0.1) is 7.11 Å². The van der Waals surface area contributed by atoms with E-state index in [1.165, 1.54) is 23.2 Å². The molecule has 0 unspecified atom stereocenters. The van der Waals surface area contributed by atoms with Gasteiger partial charge in [0.25, 0.3) is 0 Å². The second-order valence-electron chi connectivity index (χ2n) is 5.60. The van der Waals surface area contributed by atoms with Crippen molar-refractivity contribution >= 4 is 17.6 Å². The lowest BCUT2D eigenvalue weighted by Gasteiger charge is -2.37. The molecule has 1 atom stereocenters. The zero-order chi connectivity index (χ0) is 19.1. The highest BCUT2D eigenvalue weighted by Crippen LogP contribution is 2.40. The van der Waals surface area contributed by atoms with Crippen LogP contribution in [0.25, 0.3) is 0 Å². The molecular weight excluding hydrogens is 354 g/mol. The molecule has 2 aliphatic rings. The Morgan fingerprint density at radius 1 is 1.15 bits per heavy atom. The van der Waals surface area contributed by atoms with E-state index in [9.17, 15) is 22.4 Å². The van der Waals surface area contributed by atoms with Crippen molar-refractivity contribution in [1.82, 2.24) is 4.90 Å². The molecule has 0 saturated carbocycles. The SMILES string of the molecule is COC(=O)[C@]1(C(F)(F)F)N=C2C(C)=CC=CN2C(c2ccc(F)cc2)=N1. The van der Waals surface area contributed by atoms with E-state index in [4.69, 9.17) is 0 Å². The van der Waals surface area contributed by atoms with Crippen molar-refractivity contribution in [3.8, 4) is 0 Å². The van der Waals surface area contributed by atoms with Crippen molar-refractivity contribution in [3.63, 3.8) is 0 Å². The lowest BCUT2D eigenvalue weighted by Crippen LogP contribution is -2.56. The molecule has 5 nitrogen and oxygen atoms in total. The highest BCUT2D eigenvalue weighted by molar-refractivity contribution is 6.18. The Morgan fingerprint density at radius 2 is 1.77 bits per heavy atom. The molecule has 0 N–H and O–H groups in total. The fraction of sp³-hybridized carbons (Fsp3) is 0.235. The van der Waals surface area contributed by atoms with Crippen LogP contribution in [0.4, 0.5) is 17.6 Å². The molecule has 0 amide bonds. The number of hydrogen-bond donors (Lipinski definition) is 0. The van der Waals surface area contributed by atoms with Gasteiger partial charge in [0.15, 0.2) is 0 Å². The van der Waals surface area contributed by atoms with Gasteiger partial charge in [0.1, 0.15) is 17.5 Å². The lowest BCUT2D eigenvalue weighted by molar-refractivity contribution is -0.202. The Morgan fingerprint density at radius 3 is 2.35 bits per heavy atom. The van der Waals surface area contributed by atoms with Crippen LogP contribution in [-0.4, -0.2) is 41.5 Å². The summed E-state index contributed by atoms with van der Waals surface area (Å²) in [7, 11) is 0.832. The van der Waals surface area contributed by atoms with Crippen LogP contribution in [0.1, 0.15) is 12.5 Å². The van der Waals surface area contributed by atoms with Gasteiger partial charge in [-0.25, -0.2) is 19.2 Å². The van der Waals surface area contributed by atoms with Crippen molar-refractivity contribution in [2.75, 3.05) is 7.11 Å². The molecule has 3 rings (SSSR count). The zero-order valence-electron chi connectivity index (χ0n) is 13.7. The molecule has 2 heterocycles. The maximum atomic E-state index is 13.8. The Balaban J connectivity index is 2.29. The van der Waals surface area contributed by atoms with E-state index in [2.05, 4.69) is 14.7 Å². The molecule has 9 heteroatoms. The van der Waals surface area contributed by atoms with Crippen LogP contribution in [0.5, 0.6) is 0 Å². The van der Waals surface area contributed by atoms with E-state index < -0.39 is 23.6 Å². The van der Waals surface area contributed by atoms with Crippen LogP contribution in [0.3, 0.4) is 0 Å². The number of benzene rings is 1. The van der Waals surface area contributed by atoms with Crippen molar-refractivity contribution in [1.29, 1.82) is 0 Å². The average Bonchev–Trinajstić information content (AvgIpc) is 2.60. The first-order valence-corrected chi connectivity index (χ1v) is 7.45. The minimum absolute atomic E-state index is 0.0930. The minimum atomic E-state index is -5.13. The molecule has 0 fully saturated rings. The fourth-order valence-electron chi connectivity index (χ4n) is 2.59. The van der Waals surface area contributed by atoms with Crippen molar-refractivity contribution in [2.24, 2.45) is 9.98 Å². The second kappa shape index (κ2) is 6.08. The molecule has 1 aromatic rings. The van der Waals surface area contributed by atoms with Crippen LogP contribution in [0.15, 0.2) is 58.2 Å². The van der Waals surface area contributed by atoms with E-state index >= 15 is 0 Å². The Kier molecular flexibility index (Phi) is 4.17. The maximum absolute atomic E-state index is 13.8. The first-order valence-electron chi connectivity index (χ1n) is 7.45. The molecule has 0 spiro atoms. The number of hydrogen-bond acceptors (Lipinski definition) is 5. The number of carbonyl (C=O) groups excluding carboxylic acids is 1. The number of fused-ring (bicyclic) bond motifs is 1. The summed E-state index contributed by atoms with van der Waals surface area (Å²) in [6.45, 7) is 1.56. The first-order chi connectivity index (χ1) is 12.2. The minimum Gasteiger partial charge on any atom is -0.465 e. The topological polar surface area (TPSA) is 54.3 Å². The van der Waals surface area contributed by atoms with Crippen LogP contribution >= 0.6 is 0 Å². The van der Waals surface area contributed by atoms with Gasteiger partial charge in [-0.05, 0) is 42.8 Å². The number of esters is 1. The zero-order valence-corrected chi connectivity index (χ0v) is 13.7. The largest absolute Gasteiger partial charge is 0.465 e. The van der Waals surface area contributed by atoms with Crippen LogP contribution in [0.2, 0.25) is 0 Å². The quantitative estimate of drug-likeness (QED) is 0.596. The fourth-order valence-corrected chi connectivity index (χ4v) is 2.59. The summed E-state index contributed by atoms with van der Waals surface area (Å²) in [5.74, 6) is -2.50. The number of amidine groups is 2. The standard InChI is InChI=1S/C17H13F4N3O2/c1-10-4-3-9-24-13(10)22-16(15(25)26-2,17(19,20)21)23-14(24)11-5-7-12(18)8-6-11/h3-9H,1-2H3/t16-/m0/s1. The highest BCUT2D eigenvalue weighted by Gasteiger charge is 2.65. The summed E-state index contributed by atoms with van der Waals surface area (Å²) < 4.78 is 59.1. The third-order valence-corrected chi connectivity index (χ3v) is 3.89.